The number of sulfonamides is 1. The fourth-order valence-electron chi connectivity index (χ4n) is 4.16. The molecule has 0 atom stereocenters. The highest BCUT2D eigenvalue weighted by Crippen LogP contribution is 2.26. The first kappa shape index (κ1) is 24.9. The molecule has 1 fully saturated rings. The Kier molecular flexibility index (Phi) is 7.59. The molecule has 178 valence electrons. The molecule has 0 aliphatic carbocycles. The third kappa shape index (κ3) is 5.81. The smallest absolute Gasteiger partial charge is 0.240 e. The predicted molar refractivity (Wildman–Crippen MR) is 128 cm³/mol. The molecule has 0 aromatic heterocycles. The SMILES string of the molecule is Cc1ccc(S(=O)(=O)NCCC(=O)N2CCN(C(=O)C(C)(C)c3ccccc3)CC2)c(C)c1. The van der Waals surface area contributed by atoms with Gasteiger partial charge in [-0.1, -0.05) is 48.0 Å². The number of aryl methyl sites for hydroxylation is 2. The Bertz CT molecular complexity index is 1110. The first-order valence-electron chi connectivity index (χ1n) is 11.2. The predicted octanol–water partition coefficient (Wildman–Crippen LogP) is 2.62. The zero-order valence-corrected chi connectivity index (χ0v) is 20.6. The summed E-state index contributed by atoms with van der Waals surface area (Å²) in [5, 5.41) is 0. The molecule has 1 N–H and O–H groups in total. The fourth-order valence-corrected chi connectivity index (χ4v) is 5.42. The molecule has 2 aromatic carbocycles. The van der Waals surface area contributed by atoms with E-state index in [1.54, 1.807) is 28.9 Å². The third-order valence-corrected chi connectivity index (χ3v) is 7.82. The summed E-state index contributed by atoms with van der Waals surface area (Å²) >= 11 is 0. The molecule has 0 saturated carbocycles. The lowest BCUT2D eigenvalue weighted by Gasteiger charge is -2.38. The molecule has 1 aliphatic heterocycles. The van der Waals surface area contributed by atoms with Gasteiger partial charge >= 0.3 is 0 Å². The zero-order chi connectivity index (χ0) is 24.2. The van der Waals surface area contributed by atoms with E-state index in [1.807, 2.05) is 57.2 Å². The second-order valence-corrected chi connectivity index (χ2v) is 10.8. The van der Waals surface area contributed by atoms with Crippen LogP contribution in [0.3, 0.4) is 0 Å². The molecular weight excluding hydrogens is 438 g/mol. The molecule has 0 bridgehead atoms. The van der Waals surface area contributed by atoms with E-state index in [0.29, 0.717) is 31.7 Å². The lowest BCUT2D eigenvalue weighted by atomic mass is 9.83. The summed E-state index contributed by atoms with van der Waals surface area (Å²) in [5.74, 6) is -0.0743. The van der Waals surface area contributed by atoms with Crippen LogP contribution in [0.4, 0.5) is 0 Å². The van der Waals surface area contributed by atoms with Crippen LogP contribution < -0.4 is 4.72 Å². The van der Waals surface area contributed by atoms with Crippen molar-refractivity contribution >= 4 is 21.8 Å². The molecule has 0 spiro atoms. The van der Waals surface area contributed by atoms with E-state index in [1.165, 1.54) is 0 Å². The van der Waals surface area contributed by atoms with Crippen molar-refractivity contribution in [3.05, 3.63) is 65.2 Å². The monoisotopic (exact) mass is 471 g/mol. The Hall–Kier alpha value is -2.71. The summed E-state index contributed by atoms with van der Waals surface area (Å²) in [6.45, 7) is 9.36. The number of benzene rings is 2. The molecule has 1 saturated heterocycles. The van der Waals surface area contributed by atoms with Crippen LogP contribution >= 0.6 is 0 Å². The molecule has 2 aromatic rings. The number of rotatable bonds is 7. The molecule has 1 aliphatic rings. The summed E-state index contributed by atoms with van der Waals surface area (Å²) < 4.78 is 27.7. The highest BCUT2D eigenvalue weighted by atomic mass is 32.2. The highest BCUT2D eigenvalue weighted by molar-refractivity contribution is 7.89. The van der Waals surface area contributed by atoms with Crippen LogP contribution in [0, 0.1) is 13.8 Å². The largest absolute Gasteiger partial charge is 0.339 e. The number of carbonyl (C=O) groups excluding carboxylic acids is 2. The lowest BCUT2D eigenvalue weighted by Crippen LogP contribution is -2.54. The molecule has 7 nitrogen and oxygen atoms in total. The van der Waals surface area contributed by atoms with Crippen molar-refractivity contribution in [2.24, 2.45) is 0 Å². The average Bonchev–Trinajstić information content (AvgIpc) is 2.78. The lowest BCUT2D eigenvalue weighted by molar-refractivity contribution is -0.142. The summed E-state index contributed by atoms with van der Waals surface area (Å²) in [6.07, 6.45) is 0.0770. The van der Waals surface area contributed by atoms with E-state index in [2.05, 4.69) is 4.72 Å². The zero-order valence-electron chi connectivity index (χ0n) is 19.8. The van der Waals surface area contributed by atoms with Gasteiger partial charge in [0.2, 0.25) is 21.8 Å². The van der Waals surface area contributed by atoms with Gasteiger partial charge in [-0.3, -0.25) is 9.59 Å². The second-order valence-electron chi connectivity index (χ2n) is 9.08. The van der Waals surface area contributed by atoms with Gasteiger partial charge in [0.1, 0.15) is 0 Å². The van der Waals surface area contributed by atoms with Gasteiger partial charge in [-0.15, -0.1) is 0 Å². The standard InChI is InChI=1S/C25H33N3O4S/c1-19-10-11-22(20(2)18-19)33(31,32)26-13-12-23(29)27-14-16-28(17-15-27)24(30)25(3,4)21-8-6-5-7-9-21/h5-11,18,26H,12-17H2,1-4H3. The molecular formula is C25H33N3O4S. The number of piperazine rings is 1. The number of nitrogens with zero attached hydrogens (tertiary/aromatic N) is 2. The van der Waals surface area contributed by atoms with Crippen LogP contribution in [0.2, 0.25) is 0 Å². The van der Waals surface area contributed by atoms with Gasteiger partial charge in [0.25, 0.3) is 0 Å². The van der Waals surface area contributed by atoms with Gasteiger partial charge in [-0.25, -0.2) is 13.1 Å². The maximum Gasteiger partial charge on any atom is 0.240 e. The Morgan fingerprint density at radius 1 is 0.939 bits per heavy atom. The summed E-state index contributed by atoms with van der Waals surface area (Å²) in [5.41, 5.74) is 1.99. The topological polar surface area (TPSA) is 86.8 Å². The van der Waals surface area contributed by atoms with Crippen molar-refractivity contribution in [2.45, 2.75) is 44.4 Å². The minimum absolute atomic E-state index is 0.0364. The minimum Gasteiger partial charge on any atom is -0.339 e. The van der Waals surface area contributed by atoms with Crippen LogP contribution in [0.1, 0.15) is 37.0 Å². The Balaban J connectivity index is 1.50. The van der Waals surface area contributed by atoms with Gasteiger partial charge < -0.3 is 9.80 Å². The van der Waals surface area contributed by atoms with Crippen LogP contribution in [0.15, 0.2) is 53.4 Å². The molecule has 1 heterocycles. The molecule has 33 heavy (non-hydrogen) atoms. The van der Waals surface area contributed by atoms with E-state index in [4.69, 9.17) is 0 Å². The van der Waals surface area contributed by atoms with E-state index in [9.17, 15) is 18.0 Å². The Morgan fingerprint density at radius 3 is 2.15 bits per heavy atom. The van der Waals surface area contributed by atoms with Gasteiger partial charge in [-0.05, 0) is 44.9 Å². The van der Waals surface area contributed by atoms with E-state index in [-0.39, 0.29) is 29.7 Å². The molecule has 3 rings (SSSR count). The van der Waals surface area contributed by atoms with E-state index >= 15 is 0 Å². The summed E-state index contributed by atoms with van der Waals surface area (Å²) in [4.78, 5) is 29.5. The Labute approximate surface area is 196 Å². The van der Waals surface area contributed by atoms with Gasteiger partial charge in [0, 0.05) is 39.1 Å². The number of hydrogen-bond donors (Lipinski definition) is 1. The first-order valence-corrected chi connectivity index (χ1v) is 12.7. The molecule has 8 heteroatoms. The normalized spacial score (nSPS) is 14.9. The quantitative estimate of drug-likeness (QED) is 0.673. The third-order valence-electron chi connectivity index (χ3n) is 6.20. The number of amides is 2. The van der Waals surface area contributed by atoms with Crippen LogP contribution in [0.25, 0.3) is 0 Å². The fraction of sp³-hybridized carbons (Fsp3) is 0.440. The molecule has 2 amide bonds. The van der Waals surface area contributed by atoms with Crippen molar-refractivity contribution in [1.29, 1.82) is 0 Å². The van der Waals surface area contributed by atoms with Gasteiger partial charge in [0.05, 0.1) is 10.3 Å². The second kappa shape index (κ2) is 10.1. The van der Waals surface area contributed by atoms with E-state index in [0.717, 1.165) is 11.1 Å². The number of nitrogens with one attached hydrogen (secondary N) is 1. The van der Waals surface area contributed by atoms with Crippen molar-refractivity contribution < 1.29 is 18.0 Å². The number of carbonyl (C=O) groups is 2. The first-order chi connectivity index (χ1) is 15.5. The van der Waals surface area contributed by atoms with Crippen molar-refractivity contribution in [3.8, 4) is 0 Å². The summed E-state index contributed by atoms with van der Waals surface area (Å²) in [6, 6.07) is 14.9. The summed E-state index contributed by atoms with van der Waals surface area (Å²) in [7, 11) is -3.67. The maximum atomic E-state index is 13.1. The van der Waals surface area contributed by atoms with Crippen LogP contribution in [-0.2, 0) is 25.0 Å². The average molecular weight is 472 g/mol. The van der Waals surface area contributed by atoms with Crippen molar-refractivity contribution in [1.82, 2.24) is 14.5 Å². The van der Waals surface area contributed by atoms with Gasteiger partial charge in [-0.2, -0.15) is 0 Å². The van der Waals surface area contributed by atoms with Gasteiger partial charge in [0.15, 0.2) is 0 Å². The van der Waals surface area contributed by atoms with Crippen molar-refractivity contribution in [3.63, 3.8) is 0 Å². The molecule has 0 radical (unpaired) electrons. The van der Waals surface area contributed by atoms with Crippen LogP contribution in [0.5, 0.6) is 0 Å². The van der Waals surface area contributed by atoms with Crippen LogP contribution in [-0.4, -0.2) is 62.8 Å². The molecule has 0 unspecified atom stereocenters. The highest BCUT2D eigenvalue weighted by Gasteiger charge is 2.35. The van der Waals surface area contributed by atoms with E-state index < -0.39 is 15.4 Å². The minimum atomic E-state index is -3.67. The van der Waals surface area contributed by atoms with Crippen molar-refractivity contribution in [2.75, 3.05) is 32.7 Å². The number of hydrogen-bond acceptors (Lipinski definition) is 4. The maximum absolute atomic E-state index is 13.1. The Morgan fingerprint density at radius 2 is 1.55 bits per heavy atom.